The fraction of sp³-hybridized carbons (Fsp3) is 0.176. The Kier molecular flexibility index (Phi) is 9.28. The van der Waals surface area contributed by atoms with E-state index in [-0.39, 0.29) is 56.3 Å². The number of hydrogen-bond donors (Lipinski definition) is 1. The Hall–Kier alpha value is -0.419. The van der Waals surface area contributed by atoms with Crippen molar-refractivity contribution in [2.45, 2.75) is 24.2 Å². The van der Waals surface area contributed by atoms with Gasteiger partial charge in [-0.25, -0.2) is 8.42 Å². The smallest absolute Gasteiger partial charge is 0.449 e. The second-order valence-electron chi connectivity index (χ2n) is 5.70. The summed E-state index contributed by atoms with van der Waals surface area (Å²) in [6.45, 7) is -3.13. The van der Waals surface area contributed by atoms with E-state index in [2.05, 4.69) is 4.72 Å². The van der Waals surface area contributed by atoms with Crippen LogP contribution in [0.2, 0.25) is 6.32 Å². The van der Waals surface area contributed by atoms with Gasteiger partial charge in [0.25, 0.3) is 0 Å². The van der Waals surface area contributed by atoms with E-state index >= 15 is 0 Å². The van der Waals surface area contributed by atoms with E-state index in [0.717, 1.165) is 11.6 Å². The third-order valence-electron chi connectivity index (χ3n) is 3.50. The average molecular weight is 407 g/mol. The number of sulfonamides is 1. The molecule has 9 heteroatoms. The first-order valence-corrected chi connectivity index (χ1v) is 9.17. The third-order valence-corrected chi connectivity index (χ3v) is 4.96. The molecule has 0 heterocycles. The maximum atomic E-state index is 12.5. The third kappa shape index (κ3) is 7.68. The molecule has 0 aliphatic carbocycles. The van der Waals surface area contributed by atoms with Crippen molar-refractivity contribution in [3.8, 4) is 0 Å². The Morgan fingerprint density at radius 1 is 1.04 bits per heavy atom. The Morgan fingerprint density at radius 3 is 2.15 bits per heavy atom. The predicted octanol–water partition coefficient (Wildman–Crippen LogP) is 1.42. The molecule has 0 saturated carbocycles. The standard InChI is InChI=1S/C17H18BF3NO2S.K/c1-14-9-11-16(12-10-14)25(23,24)22-17(8-5-13-18(19,20)21)15-6-3-2-4-7-15;/h2-12,17,22H,13H2,1H3;/q-1;+1/b8-5+;. The summed E-state index contributed by atoms with van der Waals surface area (Å²) in [5, 5.41) is 0. The van der Waals surface area contributed by atoms with Crippen LogP contribution in [-0.2, 0) is 10.0 Å². The molecule has 0 bridgehead atoms. The molecule has 0 amide bonds. The molecule has 0 aliphatic heterocycles. The minimum atomic E-state index is -4.96. The minimum absolute atomic E-state index is 0. The van der Waals surface area contributed by atoms with Gasteiger partial charge in [0, 0.05) is 0 Å². The molecule has 0 saturated heterocycles. The molecule has 0 fully saturated rings. The number of allylic oxidation sites excluding steroid dienone is 1. The molecule has 1 unspecified atom stereocenters. The maximum absolute atomic E-state index is 12.5. The van der Waals surface area contributed by atoms with Gasteiger partial charge in [-0.05, 0) is 24.6 Å². The van der Waals surface area contributed by atoms with Gasteiger partial charge in [-0.3, -0.25) is 0 Å². The molecule has 26 heavy (non-hydrogen) atoms. The van der Waals surface area contributed by atoms with Gasteiger partial charge < -0.3 is 12.9 Å². The topological polar surface area (TPSA) is 46.2 Å². The molecule has 1 atom stereocenters. The monoisotopic (exact) mass is 407 g/mol. The molecule has 134 valence electrons. The second kappa shape index (κ2) is 10.2. The molecule has 0 spiro atoms. The van der Waals surface area contributed by atoms with Crippen molar-refractivity contribution in [3.63, 3.8) is 0 Å². The molecular weight excluding hydrogens is 389 g/mol. The van der Waals surface area contributed by atoms with Gasteiger partial charge in [-0.15, -0.1) is 6.08 Å². The Bertz CT molecular complexity index is 825. The molecule has 1 N–H and O–H groups in total. The van der Waals surface area contributed by atoms with Crippen molar-refractivity contribution in [3.05, 3.63) is 77.9 Å². The van der Waals surface area contributed by atoms with Crippen LogP contribution in [-0.4, -0.2) is 15.4 Å². The number of hydrogen-bond acceptors (Lipinski definition) is 2. The van der Waals surface area contributed by atoms with E-state index in [1.807, 2.05) is 6.92 Å². The van der Waals surface area contributed by atoms with Crippen LogP contribution in [0, 0.1) is 6.92 Å². The van der Waals surface area contributed by atoms with Gasteiger partial charge in [-0.1, -0.05) is 60.4 Å². The number of aryl methyl sites for hydroxylation is 1. The fourth-order valence-corrected chi connectivity index (χ4v) is 3.38. The van der Waals surface area contributed by atoms with Crippen molar-refractivity contribution in [2.75, 3.05) is 0 Å². The summed E-state index contributed by atoms with van der Waals surface area (Å²) in [7, 11) is -3.87. The van der Waals surface area contributed by atoms with Crippen LogP contribution >= 0.6 is 0 Å². The van der Waals surface area contributed by atoms with Crippen LogP contribution in [0.5, 0.6) is 0 Å². The molecule has 0 radical (unpaired) electrons. The molecule has 0 aliphatic rings. The van der Waals surface area contributed by atoms with Crippen molar-refractivity contribution >= 4 is 17.0 Å². The van der Waals surface area contributed by atoms with Crippen molar-refractivity contribution in [1.29, 1.82) is 0 Å². The van der Waals surface area contributed by atoms with Crippen LogP contribution in [0.3, 0.4) is 0 Å². The minimum Gasteiger partial charge on any atom is -0.449 e. The molecule has 2 aromatic carbocycles. The summed E-state index contributed by atoms with van der Waals surface area (Å²) >= 11 is 0. The summed E-state index contributed by atoms with van der Waals surface area (Å²) in [6.07, 6.45) is 1.13. The van der Waals surface area contributed by atoms with Gasteiger partial charge in [0.15, 0.2) is 0 Å². The summed E-state index contributed by atoms with van der Waals surface area (Å²) in [5.41, 5.74) is 1.47. The zero-order valence-electron chi connectivity index (χ0n) is 14.6. The number of nitrogens with one attached hydrogen (secondary N) is 1. The first-order valence-electron chi connectivity index (χ1n) is 7.69. The Balaban J connectivity index is 0.00000338. The quantitative estimate of drug-likeness (QED) is 0.558. The number of benzene rings is 2. The van der Waals surface area contributed by atoms with Gasteiger partial charge >= 0.3 is 58.4 Å². The average Bonchev–Trinajstić information content (AvgIpc) is 2.54. The van der Waals surface area contributed by atoms with E-state index in [1.165, 1.54) is 18.2 Å². The summed E-state index contributed by atoms with van der Waals surface area (Å²) in [5.74, 6) is 0. The van der Waals surface area contributed by atoms with Crippen LogP contribution in [0.4, 0.5) is 12.9 Å². The van der Waals surface area contributed by atoms with Gasteiger partial charge in [0.2, 0.25) is 10.0 Å². The molecule has 0 aromatic heterocycles. The van der Waals surface area contributed by atoms with E-state index in [4.69, 9.17) is 0 Å². The van der Waals surface area contributed by atoms with Crippen molar-refractivity contribution in [2.24, 2.45) is 0 Å². The van der Waals surface area contributed by atoms with Crippen LogP contribution in [0.25, 0.3) is 0 Å². The maximum Gasteiger partial charge on any atom is 1.00 e. The Morgan fingerprint density at radius 2 is 1.62 bits per heavy atom. The Labute approximate surface area is 194 Å². The first kappa shape index (κ1) is 23.6. The van der Waals surface area contributed by atoms with Crippen molar-refractivity contribution < 1.29 is 72.7 Å². The van der Waals surface area contributed by atoms with E-state index in [0.29, 0.717) is 5.56 Å². The van der Waals surface area contributed by atoms with Gasteiger partial charge in [0.1, 0.15) is 0 Å². The van der Waals surface area contributed by atoms with Gasteiger partial charge in [0.05, 0.1) is 10.9 Å². The summed E-state index contributed by atoms with van der Waals surface area (Å²) in [4.78, 5) is 0.0625. The van der Waals surface area contributed by atoms with E-state index in [9.17, 15) is 21.4 Å². The second-order valence-corrected chi connectivity index (χ2v) is 7.41. The van der Waals surface area contributed by atoms with Crippen LogP contribution in [0.1, 0.15) is 17.2 Å². The number of rotatable bonds is 7. The normalized spacial score (nSPS) is 13.4. The van der Waals surface area contributed by atoms with Crippen LogP contribution in [0.15, 0.2) is 71.6 Å². The first-order chi connectivity index (χ1) is 11.7. The number of halogens is 3. The predicted molar refractivity (Wildman–Crippen MR) is 93.7 cm³/mol. The zero-order chi connectivity index (χ0) is 18.5. The summed E-state index contributed by atoms with van der Waals surface area (Å²) in [6, 6.07) is 13.8. The largest absolute Gasteiger partial charge is 1.00 e. The summed E-state index contributed by atoms with van der Waals surface area (Å²) < 4.78 is 64.8. The van der Waals surface area contributed by atoms with Gasteiger partial charge in [-0.2, -0.15) is 4.72 Å². The zero-order valence-corrected chi connectivity index (χ0v) is 18.5. The van der Waals surface area contributed by atoms with Crippen LogP contribution < -0.4 is 56.1 Å². The van der Waals surface area contributed by atoms with Crippen molar-refractivity contribution in [1.82, 2.24) is 4.72 Å². The fourth-order valence-electron chi connectivity index (χ4n) is 2.20. The van der Waals surface area contributed by atoms with E-state index < -0.39 is 29.4 Å². The molecule has 3 nitrogen and oxygen atoms in total. The SMILES string of the molecule is Cc1ccc(S(=O)(=O)NC(/C=C/C[B-](F)(F)F)c2ccccc2)cc1.[K+]. The van der Waals surface area contributed by atoms with E-state index in [1.54, 1.807) is 42.5 Å². The molecular formula is C17H18BF3KNO2S. The molecule has 2 rings (SSSR count). The molecule has 2 aromatic rings.